The zero-order valence-electron chi connectivity index (χ0n) is 24.5. The summed E-state index contributed by atoms with van der Waals surface area (Å²) in [6.45, 7) is -2.74. The number of aromatic nitrogens is 3. The van der Waals surface area contributed by atoms with Crippen molar-refractivity contribution in [3.63, 3.8) is 0 Å². The molecule has 0 bridgehead atoms. The second-order valence-corrected chi connectivity index (χ2v) is 14.8. The van der Waals surface area contributed by atoms with Crippen LogP contribution in [-0.4, -0.2) is 31.0 Å². The van der Waals surface area contributed by atoms with Crippen LogP contribution < -0.4 is 15.9 Å². The fraction of sp³-hybridized carbons (Fsp3) is 0. The van der Waals surface area contributed by atoms with Gasteiger partial charge in [0.15, 0.2) is 0 Å². The third-order valence-corrected chi connectivity index (χ3v) is 13.0. The normalized spacial score (nSPS) is 13.8. The Kier molecular flexibility index (Phi) is 8.14. The van der Waals surface area contributed by atoms with Crippen LogP contribution in [-0.2, 0) is 4.79 Å². The Morgan fingerprint density at radius 1 is 0.761 bits per heavy atom. The zero-order valence-corrected chi connectivity index (χ0v) is 26.2. The molecule has 46 heavy (non-hydrogen) atoms. The minimum absolute atomic E-state index is 0.385. The van der Waals surface area contributed by atoms with E-state index >= 15 is 0 Å². The summed E-state index contributed by atoms with van der Waals surface area (Å²) >= 11 is 1.24. The molecular weight excluding hydrogens is 605 g/mol. The number of pyridine rings is 1. The van der Waals surface area contributed by atoms with Crippen molar-refractivity contribution in [2.45, 2.75) is 0 Å². The monoisotopic (exact) mass is 631 g/mol. The van der Waals surface area contributed by atoms with E-state index in [1.54, 1.807) is 17.1 Å². The average molecular weight is 632 g/mol. The SMILES string of the molecule is N#CC(C1=NC(=O)/C(=C/c2cn(-c3ccccc3)nc2-c2cccnc2)S1)=P(c1ccccc1)(c1ccccc1)c1ccccc1. The van der Waals surface area contributed by atoms with Gasteiger partial charge in [0.05, 0.1) is 15.9 Å². The van der Waals surface area contributed by atoms with E-state index in [4.69, 9.17) is 5.10 Å². The molecule has 0 fully saturated rings. The molecule has 4 aromatic carbocycles. The Bertz CT molecular complexity index is 2090. The molecule has 8 heteroatoms. The van der Waals surface area contributed by atoms with Gasteiger partial charge in [0.1, 0.15) is 16.8 Å². The number of aliphatic imine (C=N–C) groups is 1. The highest BCUT2D eigenvalue weighted by Gasteiger charge is 2.36. The van der Waals surface area contributed by atoms with Gasteiger partial charge < -0.3 is 0 Å². The lowest BCUT2D eigenvalue weighted by molar-refractivity contribution is -0.113. The van der Waals surface area contributed by atoms with Crippen LogP contribution in [0.4, 0.5) is 0 Å². The molecule has 0 radical (unpaired) electrons. The van der Waals surface area contributed by atoms with Crippen molar-refractivity contribution in [1.82, 2.24) is 14.8 Å². The van der Waals surface area contributed by atoms with Crippen molar-refractivity contribution in [3.8, 4) is 23.0 Å². The number of carbonyl (C=O) groups is 1. The molecule has 1 amide bonds. The standard InChI is InChI=1S/C38H26N5OPS/c39-25-34(45(31-17-7-2-8-18-31,32-19-9-3-10-20-32)33-21-11-4-12-22-33)38-41-37(44)35(46-38)24-29-27-43(30-15-5-1-6-16-30)42-36(29)28-14-13-23-40-26-28/h1-24,26-27H/b35-24-. The maximum atomic E-state index is 13.6. The highest BCUT2D eigenvalue weighted by Crippen LogP contribution is 2.48. The quantitative estimate of drug-likeness (QED) is 0.146. The molecule has 6 nitrogen and oxygen atoms in total. The zero-order chi connectivity index (χ0) is 31.3. The number of amides is 1. The van der Waals surface area contributed by atoms with E-state index in [0.29, 0.717) is 20.9 Å². The summed E-state index contributed by atoms with van der Waals surface area (Å²) in [4.78, 5) is 22.9. The fourth-order valence-corrected chi connectivity index (χ4v) is 11.0. The average Bonchev–Trinajstić information content (AvgIpc) is 3.72. The molecule has 3 heterocycles. The van der Waals surface area contributed by atoms with Crippen molar-refractivity contribution in [2.24, 2.45) is 4.99 Å². The number of thioether (sulfide) groups is 1. The molecule has 0 saturated carbocycles. The first kappa shape index (κ1) is 29.2. The maximum Gasteiger partial charge on any atom is 0.284 e. The molecular formula is C38H26N5OPS. The molecule has 0 atom stereocenters. The molecule has 0 saturated heterocycles. The van der Waals surface area contributed by atoms with E-state index in [0.717, 1.165) is 32.7 Å². The lowest BCUT2D eigenvalue weighted by Gasteiger charge is -2.30. The van der Waals surface area contributed by atoms with Gasteiger partial charge >= 0.3 is 0 Å². The third kappa shape index (κ3) is 5.35. The van der Waals surface area contributed by atoms with Crippen LogP contribution in [0.2, 0.25) is 0 Å². The molecule has 0 aliphatic carbocycles. The molecule has 220 valence electrons. The summed E-state index contributed by atoms with van der Waals surface area (Å²) in [5.74, 6) is -0.385. The van der Waals surface area contributed by atoms with Gasteiger partial charge in [-0.1, -0.05) is 121 Å². The van der Waals surface area contributed by atoms with Gasteiger partial charge in [-0.05, 0) is 53.1 Å². The van der Waals surface area contributed by atoms with Gasteiger partial charge in [0.2, 0.25) is 0 Å². The fourth-order valence-electron chi connectivity index (χ4n) is 5.64. The number of para-hydroxylation sites is 1. The number of nitriles is 1. The summed E-state index contributed by atoms with van der Waals surface area (Å²) in [5.41, 5.74) is 3.16. The molecule has 1 aliphatic rings. The van der Waals surface area contributed by atoms with Gasteiger partial charge in [0, 0.05) is 29.7 Å². The van der Waals surface area contributed by atoms with E-state index in [9.17, 15) is 10.1 Å². The second-order valence-electron chi connectivity index (χ2n) is 10.4. The molecule has 2 aromatic heterocycles. The minimum atomic E-state index is -2.74. The highest BCUT2D eigenvalue weighted by atomic mass is 32.2. The predicted molar refractivity (Wildman–Crippen MR) is 191 cm³/mol. The molecule has 0 unspecified atom stereocenters. The van der Waals surface area contributed by atoms with Crippen LogP contribution in [0.5, 0.6) is 0 Å². The Morgan fingerprint density at radius 3 is 1.85 bits per heavy atom. The summed E-state index contributed by atoms with van der Waals surface area (Å²) in [6.07, 6.45) is 7.19. The topological polar surface area (TPSA) is 83.9 Å². The summed E-state index contributed by atoms with van der Waals surface area (Å²) < 4.78 is 1.80. The molecule has 0 N–H and O–H groups in total. The van der Waals surface area contributed by atoms with Gasteiger partial charge in [-0.2, -0.15) is 10.4 Å². The smallest absolute Gasteiger partial charge is 0.266 e. The predicted octanol–water partition coefficient (Wildman–Crippen LogP) is 6.64. The molecule has 1 aliphatic heterocycles. The van der Waals surface area contributed by atoms with Crippen LogP contribution >= 0.6 is 18.6 Å². The number of carbonyl (C=O) groups excluding carboxylic acids is 1. The number of nitrogens with zero attached hydrogens (tertiary/aromatic N) is 5. The first-order valence-corrected chi connectivity index (χ1v) is 17.2. The van der Waals surface area contributed by atoms with Crippen LogP contribution in [0.3, 0.4) is 0 Å². The summed E-state index contributed by atoms with van der Waals surface area (Å²) in [6, 6.07) is 46.5. The number of hydrogen-bond donors (Lipinski definition) is 0. The Morgan fingerprint density at radius 2 is 1.33 bits per heavy atom. The van der Waals surface area contributed by atoms with Crippen molar-refractivity contribution in [1.29, 1.82) is 5.26 Å². The lowest BCUT2D eigenvalue weighted by Crippen LogP contribution is -2.32. The van der Waals surface area contributed by atoms with Crippen molar-refractivity contribution in [2.75, 3.05) is 0 Å². The number of benzene rings is 4. The first-order valence-electron chi connectivity index (χ1n) is 14.6. The van der Waals surface area contributed by atoms with Crippen LogP contribution in [0, 0.1) is 11.3 Å². The number of hydrogen-bond acceptors (Lipinski definition) is 5. The first-order chi connectivity index (χ1) is 22.7. The van der Waals surface area contributed by atoms with E-state index in [1.807, 2.05) is 109 Å². The largest absolute Gasteiger partial charge is 0.284 e. The van der Waals surface area contributed by atoms with Gasteiger partial charge in [-0.15, -0.1) is 0 Å². The van der Waals surface area contributed by atoms with Crippen molar-refractivity contribution >= 4 is 56.9 Å². The Hall–Kier alpha value is -5.54. The van der Waals surface area contributed by atoms with Crippen LogP contribution in [0.15, 0.2) is 162 Å². The lowest BCUT2D eigenvalue weighted by atomic mass is 10.1. The minimum Gasteiger partial charge on any atom is -0.266 e. The molecule has 0 spiro atoms. The third-order valence-electron chi connectivity index (χ3n) is 7.68. The van der Waals surface area contributed by atoms with E-state index in [-0.39, 0.29) is 5.91 Å². The van der Waals surface area contributed by atoms with E-state index in [2.05, 4.69) is 52.4 Å². The van der Waals surface area contributed by atoms with Crippen LogP contribution in [0.25, 0.3) is 23.0 Å². The number of rotatable bonds is 7. The summed E-state index contributed by atoms with van der Waals surface area (Å²) in [7, 11) is 0. The van der Waals surface area contributed by atoms with Crippen LogP contribution in [0.1, 0.15) is 5.56 Å². The molecule has 7 rings (SSSR count). The van der Waals surface area contributed by atoms with Gasteiger partial charge in [-0.3, -0.25) is 9.78 Å². The van der Waals surface area contributed by atoms with Gasteiger partial charge in [-0.25, -0.2) is 9.67 Å². The van der Waals surface area contributed by atoms with Crippen molar-refractivity contribution in [3.05, 3.63) is 163 Å². The van der Waals surface area contributed by atoms with E-state index < -0.39 is 6.89 Å². The Labute approximate surface area is 271 Å². The highest BCUT2D eigenvalue weighted by molar-refractivity contribution is 8.22. The Balaban J connectivity index is 1.42. The second kappa shape index (κ2) is 12.8. The maximum absolute atomic E-state index is 13.6. The summed E-state index contributed by atoms with van der Waals surface area (Å²) in [5, 5.41) is 19.8. The van der Waals surface area contributed by atoms with Crippen molar-refractivity contribution < 1.29 is 4.79 Å². The molecule has 6 aromatic rings. The van der Waals surface area contributed by atoms with Gasteiger partial charge in [0.25, 0.3) is 5.91 Å². The van der Waals surface area contributed by atoms with E-state index in [1.165, 1.54) is 11.8 Å².